The van der Waals surface area contributed by atoms with Gasteiger partial charge in [-0.1, -0.05) is 12.1 Å². The van der Waals surface area contributed by atoms with Gasteiger partial charge >= 0.3 is 0 Å². The zero-order chi connectivity index (χ0) is 13.7. The molecule has 1 saturated heterocycles. The summed E-state index contributed by atoms with van der Waals surface area (Å²) in [6.07, 6.45) is 5.86. The summed E-state index contributed by atoms with van der Waals surface area (Å²) in [6, 6.07) is 0.362. The van der Waals surface area contributed by atoms with Crippen LogP contribution in [0.15, 0.2) is 6.20 Å². The highest BCUT2D eigenvalue weighted by Crippen LogP contribution is 2.16. The maximum Gasteiger partial charge on any atom is 0.273 e. The fraction of sp³-hybridized carbons (Fsp3) is 0.750. The Morgan fingerprint density at radius 3 is 2.95 bits per heavy atom. The first-order valence-electron chi connectivity index (χ1n) is 6.64. The predicted octanol–water partition coefficient (Wildman–Crippen LogP) is 1.11. The molecule has 1 aromatic heterocycles. The number of carbonyl (C=O) groups is 1. The Balaban J connectivity index is 0.00000200. The van der Waals surface area contributed by atoms with Gasteiger partial charge in [-0.05, 0) is 32.2 Å². The normalized spacial score (nSPS) is 17.3. The first-order valence-corrected chi connectivity index (χ1v) is 7.93. The number of nitrogens with zero attached hydrogens (tertiary/aromatic N) is 3. The molecule has 0 saturated carbocycles. The summed E-state index contributed by atoms with van der Waals surface area (Å²) in [7, 11) is 0. The molecule has 2 heterocycles. The molecule has 0 spiro atoms. The minimum atomic E-state index is -0.138. The minimum absolute atomic E-state index is 0. The third-order valence-corrected chi connectivity index (χ3v) is 4.35. The van der Waals surface area contributed by atoms with E-state index in [1.54, 1.807) is 18.0 Å². The van der Waals surface area contributed by atoms with Crippen LogP contribution in [-0.4, -0.2) is 52.0 Å². The van der Waals surface area contributed by atoms with E-state index in [0.717, 1.165) is 25.9 Å². The van der Waals surface area contributed by atoms with Crippen LogP contribution in [0.4, 0.5) is 0 Å². The number of carbonyl (C=O) groups excluding carboxylic acids is 1. The summed E-state index contributed by atoms with van der Waals surface area (Å²) in [6.45, 7) is 4.73. The molecule has 1 unspecified atom stereocenters. The lowest BCUT2D eigenvalue weighted by Gasteiger charge is -2.22. The molecular formula is C12H22ClN5OS. The van der Waals surface area contributed by atoms with Gasteiger partial charge in [0.1, 0.15) is 0 Å². The molecule has 0 radical (unpaired) electrons. The number of hydrogen-bond donors (Lipinski definition) is 2. The molecule has 8 heteroatoms. The van der Waals surface area contributed by atoms with E-state index in [1.807, 2.05) is 10.9 Å². The molecule has 0 bridgehead atoms. The number of nitrogens with one attached hydrogen (secondary N) is 2. The average Bonchev–Trinajstić information content (AvgIpc) is 2.95. The number of hydrogen-bond acceptors (Lipinski definition) is 5. The lowest BCUT2D eigenvalue weighted by molar-refractivity contribution is 0.0949. The lowest BCUT2D eigenvalue weighted by atomic mass is 10.1. The molecule has 1 fully saturated rings. The Morgan fingerprint density at radius 2 is 2.30 bits per heavy atom. The van der Waals surface area contributed by atoms with Crippen molar-refractivity contribution in [2.45, 2.75) is 31.1 Å². The van der Waals surface area contributed by atoms with Crippen molar-refractivity contribution in [3.63, 3.8) is 0 Å². The van der Waals surface area contributed by atoms with Crippen molar-refractivity contribution in [1.29, 1.82) is 0 Å². The molecule has 20 heavy (non-hydrogen) atoms. The van der Waals surface area contributed by atoms with Gasteiger partial charge in [0, 0.05) is 11.8 Å². The molecule has 1 atom stereocenters. The van der Waals surface area contributed by atoms with Crippen molar-refractivity contribution in [1.82, 2.24) is 25.6 Å². The van der Waals surface area contributed by atoms with Crippen molar-refractivity contribution in [2.24, 2.45) is 0 Å². The Bertz CT molecular complexity index is 422. The fourth-order valence-corrected chi connectivity index (χ4v) is 2.29. The first-order chi connectivity index (χ1) is 9.20. The maximum absolute atomic E-state index is 11.9. The second kappa shape index (κ2) is 8.49. The largest absolute Gasteiger partial charge is 0.349 e. The molecule has 1 aromatic rings. The van der Waals surface area contributed by atoms with Gasteiger partial charge in [-0.2, -0.15) is 11.8 Å². The van der Waals surface area contributed by atoms with Crippen LogP contribution in [-0.2, 0) is 0 Å². The number of rotatable bonds is 5. The van der Waals surface area contributed by atoms with E-state index in [4.69, 9.17) is 0 Å². The van der Waals surface area contributed by atoms with E-state index in [0.29, 0.717) is 23.5 Å². The standard InChI is InChI=1S/C12H21N5OS.ClH/c1-9(19-2)7-14-12(18)11-8-17(16-15-11)10-3-5-13-6-4-10;/h8-10,13H,3-7H2,1-2H3,(H,14,18);1H. The van der Waals surface area contributed by atoms with E-state index in [1.165, 1.54) is 0 Å². The fourth-order valence-electron chi connectivity index (χ4n) is 2.04. The van der Waals surface area contributed by atoms with Gasteiger partial charge in [0.25, 0.3) is 5.91 Å². The molecule has 0 aliphatic carbocycles. The van der Waals surface area contributed by atoms with Gasteiger partial charge in [-0.15, -0.1) is 17.5 Å². The first kappa shape index (κ1) is 17.3. The smallest absolute Gasteiger partial charge is 0.273 e. The van der Waals surface area contributed by atoms with E-state index in [9.17, 15) is 4.79 Å². The van der Waals surface area contributed by atoms with Crippen LogP contribution in [0.3, 0.4) is 0 Å². The van der Waals surface area contributed by atoms with Crippen LogP contribution < -0.4 is 10.6 Å². The van der Waals surface area contributed by atoms with E-state index >= 15 is 0 Å². The summed E-state index contributed by atoms with van der Waals surface area (Å²) < 4.78 is 1.83. The van der Waals surface area contributed by atoms with Gasteiger partial charge in [-0.25, -0.2) is 4.68 Å². The van der Waals surface area contributed by atoms with Crippen LogP contribution in [0.2, 0.25) is 0 Å². The summed E-state index contributed by atoms with van der Waals surface area (Å²) in [5.41, 5.74) is 0.409. The summed E-state index contributed by atoms with van der Waals surface area (Å²) >= 11 is 1.73. The summed E-state index contributed by atoms with van der Waals surface area (Å²) in [5.74, 6) is -0.138. The number of aromatic nitrogens is 3. The zero-order valence-electron chi connectivity index (χ0n) is 11.8. The third kappa shape index (κ3) is 4.64. The van der Waals surface area contributed by atoms with Gasteiger partial charge in [0.15, 0.2) is 5.69 Å². The van der Waals surface area contributed by atoms with Gasteiger partial charge in [-0.3, -0.25) is 4.79 Å². The SMILES string of the molecule is CSC(C)CNC(=O)c1cn(C2CCNCC2)nn1.Cl. The Labute approximate surface area is 129 Å². The zero-order valence-corrected chi connectivity index (χ0v) is 13.5. The molecule has 2 rings (SSSR count). The summed E-state index contributed by atoms with van der Waals surface area (Å²) in [4.78, 5) is 11.9. The molecule has 0 aromatic carbocycles. The number of piperidine rings is 1. The van der Waals surface area contributed by atoms with Crippen molar-refractivity contribution in [2.75, 3.05) is 25.9 Å². The molecule has 2 N–H and O–H groups in total. The third-order valence-electron chi connectivity index (χ3n) is 3.38. The van der Waals surface area contributed by atoms with E-state index in [2.05, 4.69) is 27.9 Å². The Hall–Kier alpha value is -0.790. The minimum Gasteiger partial charge on any atom is -0.349 e. The van der Waals surface area contributed by atoms with E-state index in [-0.39, 0.29) is 18.3 Å². The van der Waals surface area contributed by atoms with Gasteiger partial charge in [0.2, 0.25) is 0 Å². The molecule has 1 aliphatic heterocycles. The maximum atomic E-state index is 11.9. The molecular weight excluding hydrogens is 298 g/mol. The molecule has 6 nitrogen and oxygen atoms in total. The highest BCUT2D eigenvalue weighted by Gasteiger charge is 2.18. The van der Waals surface area contributed by atoms with Crippen molar-refractivity contribution >= 4 is 30.1 Å². The predicted molar refractivity (Wildman–Crippen MR) is 83.7 cm³/mol. The quantitative estimate of drug-likeness (QED) is 0.850. The molecule has 1 amide bonds. The average molecular weight is 320 g/mol. The highest BCUT2D eigenvalue weighted by atomic mass is 35.5. The van der Waals surface area contributed by atoms with Crippen LogP contribution in [0.5, 0.6) is 0 Å². The topological polar surface area (TPSA) is 71.8 Å². The molecule has 1 aliphatic rings. The lowest BCUT2D eigenvalue weighted by Crippen LogP contribution is -2.30. The number of amides is 1. The van der Waals surface area contributed by atoms with E-state index < -0.39 is 0 Å². The van der Waals surface area contributed by atoms with Crippen LogP contribution in [0.25, 0.3) is 0 Å². The monoisotopic (exact) mass is 319 g/mol. The summed E-state index contributed by atoms with van der Waals surface area (Å²) in [5, 5.41) is 14.6. The van der Waals surface area contributed by atoms with Crippen molar-refractivity contribution in [3.05, 3.63) is 11.9 Å². The Morgan fingerprint density at radius 1 is 1.60 bits per heavy atom. The highest BCUT2D eigenvalue weighted by molar-refractivity contribution is 7.99. The number of thioether (sulfide) groups is 1. The second-order valence-corrected chi connectivity index (χ2v) is 6.10. The van der Waals surface area contributed by atoms with Gasteiger partial charge in [0.05, 0.1) is 12.2 Å². The number of halogens is 1. The molecule has 114 valence electrons. The van der Waals surface area contributed by atoms with Crippen molar-refractivity contribution in [3.8, 4) is 0 Å². The Kier molecular flexibility index (Phi) is 7.32. The van der Waals surface area contributed by atoms with Crippen LogP contribution in [0, 0.1) is 0 Å². The van der Waals surface area contributed by atoms with Gasteiger partial charge < -0.3 is 10.6 Å². The van der Waals surface area contributed by atoms with Crippen molar-refractivity contribution < 1.29 is 4.79 Å². The van der Waals surface area contributed by atoms with Crippen LogP contribution in [0.1, 0.15) is 36.3 Å². The van der Waals surface area contributed by atoms with Crippen LogP contribution >= 0.6 is 24.2 Å². The second-order valence-electron chi connectivity index (χ2n) is 4.82.